The van der Waals surface area contributed by atoms with Crippen LogP contribution in [0.5, 0.6) is 0 Å². The van der Waals surface area contributed by atoms with Gasteiger partial charge in [-0.15, -0.1) is 11.3 Å². The van der Waals surface area contributed by atoms with Gasteiger partial charge in [-0.3, -0.25) is 25.1 Å². The van der Waals surface area contributed by atoms with Crippen LogP contribution in [0.4, 0.5) is 10.8 Å². The number of hydrogen-bond donors (Lipinski definition) is 1. The van der Waals surface area contributed by atoms with E-state index in [1.807, 2.05) is 6.92 Å². The van der Waals surface area contributed by atoms with Crippen molar-refractivity contribution in [3.8, 4) is 0 Å². The Labute approximate surface area is 168 Å². The van der Waals surface area contributed by atoms with Crippen LogP contribution < -0.4 is 5.32 Å². The number of thiazole rings is 1. The first-order valence-electron chi connectivity index (χ1n) is 9.33. The van der Waals surface area contributed by atoms with E-state index in [0.717, 1.165) is 31.2 Å². The SMILES string of the molecule is Cc1nc(NC(=O)/C=C/c2cccc([N+](=O)[O-])c2)sc1CN1CCC(C)CC1. The number of benzene rings is 1. The lowest BCUT2D eigenvalue weighted by atomic mass is 9.99. The minimum Gasteiger partial charge on any atom is -0.298 e. The second-order valence-corrected chi connectivity index (χ2v) is 8.24. The smallest absolute Gasteiger partial charge is 0.270 e. The highest BCUT2D eigenvalue weighted by Gasteiger charge is 2.18. The van der Waals surface area contributed by atoms with E-state index >= 15 is 0 Å². The Balaban J connectivity index is 1.58. The Morgan fingerprint density at radius 2 is 2.18 bits per heavy atom. The number of nitrogens with zero attached hydrogens (tertiary/aromatic N) is 3. The summed E-state index contributed by atoms with van der Waals surface area (Å²) in [5.74, 6) is 0.491. The van der Waals surface area contributed by atoms with Gasteiger partial charge in [-0.1, -0.05) is 19.1 Å². The van der Waals surface area contributed by atoms with E-state index in [1.165, 1.54) is 47.3 Å². The Kier molecular flexibility index (Phi) is 6.53. The number of likely N-dealkylation sites (tertiary alicyclic amines) is 1. The molecule has 8 heteroatoms. The van der Waals surface area contributed by atoms with Crippen LogP contribution in [0.1, 0.15) is 35.9 Å². The van der Waals surface area contributed by atoms with Crippen molar-refractivity contribution < 1.29 is 9.72 Å². The van der Waals surface area contributed by atoms with Gasteiger partial charge in [-0.2, -0.15) is 0 Å². The average Bonchev–Trinajstić information content (AvgIpc) is 3.01. The van der Waals surface area contributed by atoms with Gasteiger partial charge in [0.2, 0.25) is 5.91 Å². The van der Waals surface area contributed by atoms with E-state index < -0.39 is 4.92 Å². The maximum Gasteiger partial charge on any atom is 0.270 e. The summed E-state index contributed by atoms with van der Waals surface area (Å²) in [6.45, 7) is 7.34. The largest absolute Gasteiger partial charge is 0.298 e. The Morgan fingerprint density at radius 1 is 1.43 bits per heavy atom. The van der Waals surface area contributed by atoms with E-state index in [1.54, 1.807) is 18.2 Å². The van der Waals surface area contributed by atoms with Crippen molar-refractivity contribution in [3.05, 3.63) is 56.6 Å². The Bertz CT molecular complexity index is 885. The molecule has 7 nitrogen and oxygen atoms in total. The van der Waals surface area contributed by atoms with E-state index in [0.29, 0.717) is 10.7 Å². The summed E-state index contributed by atoms with van der Waals surface area (Å²) in [7, 11) is 0. The lowest BCUT2D eigenvalue weighted by Crippen LogP contribution is -2.32. The van der Waals surface area contributed by atoms with Crippen molar-refractivity contribution in [2.24, 2.45) is 5.92 Å². The molecule has 0 aliphatic carbocycles. The monoisotopic (exact) mass is 400 g/mol. The number of non-ortho nitro benzene ring substituents is 1. The molecule has 2 aromatic rings. The molecule has 1 aromatic carbocycles. The van der Waals surface area contributed by atoms with Gasteiger partial charge in [-0.25, -0.2) is 4.98 Å². The van der Waals surface area contributed by atoms with Crippen LogP contribution in [-0.2, 0) is 11.3 Å². The molecular weight excluding hydrogens is 376 g/mol. The number of rotatable bonds is 6. The third kappa shape index (κ3) is 5.46. The molecule has 1 aliphatic rings. The fraction of sp³-hybridized carbons (Fsp3) is 0.400. The third-order valence-electron chi connectivity index (χ3n) is 4.87. The number of nitro groups is 1. The zero-order valence-electron chi connectivity index (χ0n) is 16.1. The van der Waals surface area contributed by atoms with Crippen molar-refractivity contribution in [1.82, 2.24) is 9.88 Å². The summed E-state index contributed by atoms with van der Waals surface area (Å²) in [5.41, 5.74) is 1.54. The standard InChI is InChI=1S/C20H24N4O3S/c1-14-8-10-23(11-9-14)13-18-15(2)21-20(28-18)22-19(25)7-6-16-4-3-5-17(12-16)24(26)27/h3-7,12,14H,8-11,13H2,1-2H3,(H,21,22,25)/b7-6+. The van der Waals surface area contributed by atoms with Crippen molar-refractivity contribution in [1.29, 1.82) is 0 Å². The number of anilines is 1. The summed E-state index contributed by atoms with van der Waals surface area (Å²) in [6.07, 6.45) is 5.37. The molecule has 3 rings (SSSR count). The maximum absolute atomic E-state index is 12.2. The second kappa shape index (κ2) is 9.07. The first kappa shape index (κ1) is 20.2. The van der Waals surface area contributed by atoms with Gasteiger partial charge in [0.25, 0.3) is 5.69 Å². The van der Waals surface area contributed by atoms with Crippen LogP contribution in [0.25, 0.3) is 6.08 Å². The van der Waals surface area contributed by atoms with Crippen LogP contribution in [-0.4, -0.2) is 33.8 Å². The molecule has 1 fully saturated rings. The molecule has 0 atom stereocenters. The molecule has 28 heavy (non-hydrogen) atoms. The van der Waals surface area contributed by atoms with E-state index in [2.05, 4.69) is 22.1 Å². The average molecular weight is 401 g/mol. The lowest BCUT2D eigenvalue weighted by molar-refractivity contribution is -0.384. The highest BCUT2D eigenvalue weighted by Crippen LogP contribution is 2.26. The summed E-state index contributed by atoms with van der Waals surface area (Å²) < 4.78 is 0. The molecule has 1 aliphatic heterocycles. The van der Waals surface area contributed by atoms with Gasteiger partial charge in [-0.05, 0) is 50.4 Å². The van der Waals surface area contributed by atoms with E-state index in [9.17, 15) is 14.9 Å². The van der Waals surface area contributed by atoms with Gasteiger partial charge in [0, 0.05) is 29.6 Å². The Hall–Kier alpha value is -2.58. The first-order valence-corrected chi connectivity index (χ1v) is 10.1. The number of carbonyl (C=O) groups excluding carboxylic acids is 1. The molecule has 0 unspecified atom stereocenters. The summed E-state index contributed by atoms with van der Waals surface area (Å²) in [4.78, 5) is 30.6. The number of carbonyl (C=O) groups is 1. The Morgan fingerprint density at radius 3 is 2.89 bits per heavy atom. The van der Waals surface area contributed by atoms with E-state index in [4.69, 9.17) is 0 Å². The van der Waals surface area contributed by atoms with Crippen LogP contribution in [0, 0.1) is 23.0 Å². The number of amides is 1. The number of nitro benzene ring substituents is 1. The van der Waals surface area contributed by atoms with Gasteiger partial charge in [0.15, 0.2) is 5.13 Å². The normalized spacial score (nSPS) is 15.8. The van der Waals surface area contributed by atoms with Crippen LogP contribution in [0.15, 0.2) is 30.3 Å². The minimum atomic E-state index is -0.458. The van der Waals surface area contributed by atoms with Crippen LogP contribution in [0.3, 0.4) is 0 Å². The second-order valence-electron chi connectivity index (χ2n) is 7.16. The van der Waals surface area contributed by atoms with Gasteiger partial charge in [0.1, 0.15) is 0 Å². The van der Waals surface area contributed by atoms with Crippen molar-refractivity contribution in [3.63, 3.8) is 0 Å². The quantitative estimate of drug-likeness (QED) is 0.445. The summed E-state index contributed by atoms with van der Waals surface area (Å²) >= 11 is 1.50. The van der Waals surface area contributed by atoms with Crippen molar-refractivity contribution in [2.75, 3.05) is 18.4 Å². The van der Waals surface area contributed by atoms with Gasteiger partial charge in [0.05, 0.1) is 10.6 Å². The topological polar surface area (TPSA) is 88.4 Å². The third-order valence-corrected chi connectivity index (χ3v) is 5.93. The number of aromatic nitrogens is 1. The zero-order valence-corrected chi connectivity index (χ0v) is 16.9. The van der Waals surface area contributed by atoms with Crippen LogP contribution in [0.2, 0.25) is 0 Å². The van der Waals surface area contributed by atoms with Crippen molar-refractivity contribution in [2.45, 2.75) is 33.2 Å². The molecule has 2 heterocycles. The molecule has 0 bridgehead atoms. The van der Waals surface area contributed by atoms with Gasteiger partial charge < -0.3 is 0 Å². The summed E-state index contributed by atoms with van der Waals surface area (Å²) in [6, 6.07) is 6.14. The molecule has 1 N–H and O–H groups in total. The first-order chi connectivity index (χ1) is 13.4. The number of piperidine rings is 1. The predicted molar refractivity (Wildman–Crippen MR) is 111 cm³/mol. The number of nitrogens with one attached hydrogen (secondary N) is 1. The van der Waals surface area contributed by atoms with Gasteiger partial charge >= 0.3 is 0 Å². The molecule has 1 aromatic heterocycles. The molecule has 1 amide bonds. The fourth-order valence-electron chi connectivity index (χ4n) is 3.11. The highest BCUT2D eigenvalue weighted by molar-refractivity contribution is 7.15. The minimum absolute atomic E-state index is 0.00476. The fourth-order valence-corrected chi connectivity index (χ4v) is 4.12. The van der Waals surface area contributed by atoms with E-state index in [-0.39, 0.29) is 11.6 Å². The summed E-state index contributed by atoms with van der Waals surface area (Å²) in [5, 5.41) is 14.2. The molecule has 148 valence electrons. The molecule has 0 spiro atoms. The molecule has 0 saturated carbocycles. The van der Waals surface area contributed by atoms with Crippen LogP contribution >= 0.6 is 11.3 Å². The van der Waals surface area contributed by atoms with Crippen molar-refractivity contribution >= 4 is 34.1 Å². The molecular formula is C20H24N4O3S. The zero-order chi connectivity index (χ0) is 20.1. The lowest BCUT2D eigenvalue weighted by Gasteiger charge is -2.29. The highest BCUT2D eigenvalue weighted by atomic mass is 32.1. The molecule has 0 radical (unpaired) electrons. The predicted octanol–water partition coefficient (Wildman–Crippen LogP) is 4.24. The maximum atomic E-state index is 12.2. The number of hydrogen-bond acceptors (Lipinski definition) is 6. The molecule has 1 saturated heterocycles. The number of aryl methyl sites for hydroxylation is 1.